The van der Waals surface area contributed by atoms with Crippen LogP contribution in [0.25, 0.3) is 0 Å². The van der Waals surface area contributed by atoms with Crippen LogP contribution < -0.4 is 0 Å². The van der Waals surface area contributed by atoms with Crippen molar-refractivity contribution in [3.05, 3.63) is 0 Å². The first-order valence-electron chi connectivity index (χ1n) is 15.6. The molecule has 0 radical (unpaired) electrons. The number of hydrogen-bond donors (Lipinski definition) is 8. The van der Waals surface area contributed by atoms with Gasteiger partial charge in [0.1, 0.15) is 55.9 Å². The SMILES string of the molecule is CCCCCCCCCCCCCCC(C(=O)OC[C@H]1O[C@H](O[C@]2(CO)O[C@H](CO)[C@@H](O)[C@@H]2O)[C@H](O)[C@@H](O)[C@@H]1O)S(=O)(=O)O. The summed E-state index contributed by atoms with van der Waals surface area (Å²) in [6, 6.07) is 0. The van der Waals surface area contributed by atoms with E-state index < -0.39 is 96.0 Å². The molecule has 0 bridgehead atoms. The van der Waals surface area contributed by atoms with Gasteiger partial charge in [-0.2, -0.15) is 8.42 Å². The summed E-state index contributed by atoms with van der Waals surface area (Å²) in [5.74, 6) is -3.70. The van der Waals surface area contributed by atoms with Crippen molar-refractivity contribution in [2.45, 2.75) is 150 Å². The van der Waals surface area contributed by atoms with Gasteiger partial charge in [0, 0.05) is 0 Å². The molecule has 2 aliphatic heterocycles. The third kappa shape index (κ3) is 11.1. The van der Waals surface area contributed by atoms with Crippen LogP contribution in [0, 0.1) is 0 Å². The van der Waals surface area contributed by atoms with Crippen LogP contribution >= 0.6 is 0 Å². The second kappa shape index (κ2) is 19.0. The van der Waals surface area contributed by atoms with Gasteiger partial charge in [0.2, 0.25) is 5.79 Å². The summed E-state index contributed by atoms with van der Waals surface area (Å²) in [5, 5.41) is 68.7. The predicted molar refractivity (Wildman–Crippen MR) is 154 cm³/mol. The highest BCUT2D eigenvalue weighted by atomic mass is 32.2. The molecule has 10 atom stereocenters. The van der Waals surface area contributed by atoms with Crippen LogP contribution in [0.5, 0.6) is 0 Å². The van der Waals surface area contributed by atoms with Crippen molar-refractivity contribution >= 4 is 16.1 Å². The summed E-state index contributed by atoms with van der Waals surface area (Å²) >= 11 is 0. The maximum absolute atomic E-state index is 12.6. The molecule has 44 heavy (non-hydrogen) atoms. The van der Waals surface area contributed by atoms with Gasteiger partial charge < -0.3 is 54.7 Å². The minimum absolute atomic E-state index is 0.196. The Balaban J connectivity index is 1.86. The lowest BCUT2D eigenvalue weighted by molar-refractivity contribution is -0.383. The second-order valence-corrected chi connectivity index (χ2v) is 13.3. The lowest BCUT2D eigenvalue weighted by Gasteiger charge is -2.43. The summed E-state index contributed by atoms with van der Waals surface area (Å²) in [7, 11) is -4.83. The minimum atomic E-state index is -4.83. The molecule has 260 valence electrons. The topological polar surface area (TPSA) is 250 Å². The van der Waals surface area contributed by atoms with Gasteiger partial charge in [-0.15, -0.1) is 0 Å². The smallest absolute Gasteiger partial charge is 0.326 e. The zero-order chi connectivity index (χ0) is 32.9. The molecule has 0 aromatic carbocycles. The highest BCUT2D eigenvalue weighted by Gasteiger charge is 2.58. The van der Waals surface area contributed by atoms with Crippen LogP contribution in [0.15, 0.2) is 0 Å². The summed E-state index contributed by atoms with van der Waals surface area (Å²) in [4.78, 5) is 12.6. The molecule has 0 amide bonds. The average Bonchev–Trinajstić information content (AvgIpc) is 3.23. The standard InChI is InChI=1S/C28H52O15S/c1-2-3-4-5-6-7-8-9-10-11-12-13-14-20(44(37,38)39)26(36)40-16-19-21(31)23(33)24(34)27(41-19)43-28(17-30)25(35)22(32)18(15-29)42-28/h18-25,27,29-35H,2-17H2,1H3,(H,37,38,39)/t18-,19-,20?,21-,22-,23+,24-,25+,27-,28+/m1/s1. The molecule has 0 aliphatic carbocycles. The summed E-state index contributed by atoms with van der Waals surface area (Å²) < 4.78 is 54.5. The van der Waals surface area contributed by atoms with E-state index >= 15 is 0 Å². The van der Waals surface area contributed by atoms with E-state index in [1.54, 1.807) is 0 Å². The molecule has 16 heteroatoms. The van der Waals surface area contributed by atoms with Crippen LogP contribution in [-0.2, 0) is 33.9 Å². The normalized spacial score (nSPS) is 33.4. The molecule has 0 spiro atoms. The lowest BCUT2D eigenvalue weighted by atomic mass is 9.99. The van der Waals surface area contributed by atoms with E-state index in [1.807, 2.05) is 0 Å². The van der Waals surface area contributed by atoms with Gasteiger partial charge in [-0.25, -0.2) is 0 Å². The van der Waals surface area contributed by atoms with Gasteiger partial charge in [-0.05, 0) is 6.42 Å². The highest BCUT2D eigenvalue weighted by molar-refractivity contribution is 7.87. The van der Waals surface area contributed by atoms with Gasteiger partial charge in [-0.3, -0.25) is 9.35 Å². The fourth-order valence-corrected chi connectivity index (χ4v) is 6.21. The zero-order valence-electron chi connectivity index (χ0n) is 25.4. The van der Waals surface area contributed by atoms with Crippen molar-refractivity contribution in [1.29, 1.82) is 0 Å². The zero-order valence-corrected chi connectivity index (χ0v) is 26.2. The number of aliphatic hydroxyl groups excluding tert-OH is 7. The van der Waals surface area contributed by atoms with E-state index in [2.05, 4.69) is 6.92 Å². The number of hydrogen-bond acceptors (Lipinski definition) is 14. The first kappa shape index (κ1) is 39.2. The Morgan fingerprint density at radius 1 is 0.795 bits per heavy atom. The summed E-state index contributed by atoms with van der Waals surface area (Å²) in [6.45, 7) is -0.485. The Bertz CT molecular complexity index is 936. The molecule has 2 heterocycles. The number of unbranched alkanes of at least 4 members (excludes halogenated alkanes) is 11. The molecule has 0 saturated carbocycles. The van der Waals surface area contributed by atoms with Crippen molar-refractivity contribution in [2.24, 2.45) is 0 Å². The highest BCUT2D eigenvalue weighted by Crippen LogP contribution is 2.36. The predicted octanol–water partition coefficient (Wildman–Crippen LogP) is -0.497. The number of esters is 1. The number of aliphatic hydroxyl groups is 7. The molecule has 2 aliphatic rings. The molecule has 2 fully saturated rings. The maximum Gasteiger partial charge on any atom is 0.326 e. The van der Waals surface area contributed by atoms with Gasteiger partial charge in [0.15, 0.2) is 11.5 Å². The van der Waals surface area contributed by atoms with Crippen molar-refractivity contribution in [1.82, 2.24) is 0 Å². The number of ether oxygens (including phenoxy) is 4. The fourth-order valence-electron chi connectivity index (χ4n) is 5.43. The van der Waals surface area contributed by atoms with Crippen molar-refractivity contribution in [3.8, 4) is 0 Å². The molecule has 2 saturated heterocycles. The molecule has 2 rings (SSSR count). The van der Waals surface area contributed by atoms with E-state index in [1.165, 1.54) is 38.5 Å². The lowest BCUT2D eigenvalue weighted by Crippen LogP contribution is -2.63. The van der Waals surface area contributed by atoms with Crippen LogP contribution in [0.3, 0.4) is 0 Å². The van der Waals surface area contributed by atoms with E-state index in [9.17, 15) is 53.5 Å². The first-order valence-corrected chi connectivity index (χ1v) is 17.1. The van der Waals surface area contributed by atoms with Crippen LogP contribution in [0.2, 0.25) is 0 Å². The third-order valence-electron chi connectivity index (χ3n) is 8.22. The van der Waals surface area contributed by atoms with Gasteiger partial charge >= 0.3 is 5.97 Å². The van der Waals surface area contributed by atoms with Crippen LogP contribution in [0.4, 0.5) is 0 Å². The second-order valence-electron chi connectivity index (χ2n) is 11.7. The van der Waals surface area contributed by atoms with Crippen molar-refractivity contribution in [3.63, 3.8) is 0 Å². The molecule has 8 N–H and O–H groups in total. The maximum atomic E-state index is 12.6. The molecular weight excluding hydrogens is 608 g/mol. The summed E-state index contributed by atoms with van der Waals surface area (Å²) in [5.41, 5.74) is 0. The monoisotopic (exact) mass is 660 g/mol. The Morgan fingerprint density at radius 2 is 1.34 bits per heavy atom. The Morgan fingerprint density at radius 3 is 1.82 bits per heavy atom. The molecular formula is C28H52O15S. The van der Waals surface area contributed by atoms with E-state index in [0.29, 0.717) is 12.8 Å². The Labute approximate surface area is 258 Å². The first-order chi connectivity index (χ1) is 20.8. The number of carbonyl (C=O) groups excluding carboxylic acids is 1. The fraction of sp³-hybridized carbons (Fsp3) is 0.964. The average molecular weight is 661 g/mol. The van der Waals surface area contributed by atoms with Crippen molar-refractivity contribution in [2.75, 3.05) is 19.8 Å². The largest absolute Gasteiger partial charge is 0.462 e. The molecule has 0 aromatic rings. The molecule has 0 aromatic heterocycles. The number of carbonyl (C=O) groups is 1. The van der Waals surface area contributed by atoms with Gasteiger partial charge in [0.05, 0.1) is 6.61 Å². The van der Waals surface area contributed by atoms with Gasteiger partial charge in [0.25, 0.3) is 10.1 Å². The van der Waals surface area contributed by atoms with E-state index in [4.69, 9.17) is 18.9 Å². The molecule has 15 nitrogen and oxygen atoms in total. The quantitative estimate of drug-likeness (QED) is 0.0439. The third-order valence-corrected chi connectivity index (χ3v) is 9.37. The van der Waals surface area contributed by atoms with Crippen LogP contribution in [-0.4, -0.2) is 135 Å². The van der Waals surface area contributed by atoms with E-state index in [-0.39, 0.29) is 6.42 Å². The number of rotatable bonds is 21. The van der Waals surface area contributed by atoms with Crippen molar-refractivity contribution < 1.29 is 72.5 Å². The Hall–Kier alpha value is -1.02. The minimum Gasteiger partial charge on any atom is -0.462 e. The van der Waals surface area contributed by atoms with E-state index in [0.717, 1.165) is 25.7 Å². The molecule has 1 unspecified atom stereocenters. The van der Waals surface area contributed by atoms with Crippen LogP contribution in [0.1, 0.15) is 90.4 Å². The van der Waals surface area contributed by atoms with Gasteiger partial charge in [-0.1, -0.05) is 84.0 Å². The Kier molecular flexibility index (Phi) is 16.9. The summed E-state index contributed by atoms with van der Waals surface area (Å²) in [6.07, 6.45) is -2.03.